The number of ketones is 1. The van der Waals surface area contributed by atoms with Gasteiger partial charge in [0.05, 0.1) is 11.3 Å². The van der Waals surface area contributed by atoms with E-state index in [-0.39, 0.29) is 30.4 Å². The Morgan fingerprint density at radius 3 is 2.39 bits per heavy atom. The minimum Gasteiger partial charge on any atom is -0.453 e. The average molecular weight is 402 g/mol. The first-order chi connectivity index (χ1) is 13.4. The van der Waals surface area contributed by atoms with Crippen LogP contribution >= 0.6 is 11.3 Å². The van der Waals surface area contributed by atoms with E-state index < -0.39 is 12.1 Å². The average Bonchev–Trinajstić information content (AvgIpc) is 3.13. The molecule has 0 saturated heterocycles. The molecule has 0 aliphatic heterocycles. The highest BCUT2D eigenvalue weighted by Gasteiger charge is 2.20. The van der Waals surface area contributed by atoms with E-state index in [4.69, 9.17) is 4.74 Å². The van der Waals surface area contributed by atoms with Crippen LogP contribution in [0.4, 0.5) is 0 Å². The van der Waals surface area contributed by atoms with Crippen LogP contribution in [0.2, 0.25) is 0 Å². The van der Waals surface area contributed by atoms with E-state index in [2.05, 4.69) is 12.2 Å². The maximum atomic E-state index is 12.2. The molecule has 0 bridgehead atoms. The first kappa shape index (κ1) is 21.8. The minimum absolute atomic E-state index is 0.0327. The Morgan fingerprint density at radius 1 is 1.07 bits per heavy atom. The SMILES string of the molecule is CC[C@@H](CNC(=O)[C@@H](C)OC(=O)CCC(=O)c1ccc(C)s1)c1ccccc1. The third kappa shape index (κ3) is 6.60. The lowest BCUT2D eigenvalue weighted by atomic mass is 9.96. The van der Waals surface area contributed by atoms with E-state index in [1.54, 1.807) is 13.0 Å². The van der Waals surface area contributed by atoms with Crippen molar-refractivity contribution in [3.8, 4) is 0 Å². The topological polar surface area (TPSA) is 72.5 Å². The van der Waals surface area contributed by atoms with Gasteiger partial charge in [0.15, 0.2) is 11.9 Å². The van der Waals surface area contributed by atoms with Gasteiger partial charge in [-0.1, -0.05) is 37.3 Å². The monoisotopic (exact) mass is 401 g/mol. The molecule has 2 aromatic rings. The van der Waals surface area contributed by atoms with Gasteiger partial charge in [0, 0.05) is 23.8 Å². The molecular formula is C22H27NO4S. The van der Waals surface area contributed by atoms with Gasteiger partial charge in [0.25, 0.3) is 5.91 Å². The maximum absolute atomic E-state index is 12.2. The Labute approximate surface area is 170 Å². The molecule has 2 atom stereocenters. The van der Waals surface area contributed by atoms with Crippen molar-refractivity contribution in [1.82, 2.24) is 5.32 Å². The molecule has 0 aliphatic rings. The summed E-state index contributed by atoms with van der Waals surface area (Å²) >= 11 is 1.41. The van der Waals surface area contributed by atoms with Crippen LogP contribution < -0.4 is 5.32 Å². The number of thiophene rings is 1. The highest BCUT2D eigenvalue weighted by Crippen LogP contribution is 2.19. The summed E-state index contributed by atoms with van der Waals surface area (Å²) in [6, 6.07) is 13.6. The number of amides is 1. The number of nitrogens with one attached hydrogen (secondary N) is 1. The Morgan fingerprint density at radius 2 is 1.79 bits per heavy atom. The lowest BCUT2D eigenvalue weighted by Gasteiger charge is -2.18. The van der Waals surface area contributed by atoms with Crippen molar-refractivity contribution in [2.75, 3.05) is 6.54 Å². The number of carbonyl (C=O) groups is 3. The van der Waals surface area contributed by atoms with Crippen LogP contribution in [-0.4, -0.2) is 30.3 Å². The smallest absolute Gasteiger partial charge is 0.307 e. The van der Waals surface area contributed by atoms with Crippen molar-refractivity contribution in [3.63, 3.8) is 0 Å². The van der Waals surface area contributed by atoms with Crippen molar-refractivity contribution in [3.05, 3.63) is 57.8 Å². The summed E-state index contributed by atoms with van der Waals surface area (Å²) < 4.78 is 5.18. The molecule has 0 aliphatic carbocycles. The van der Waals surface area contributed by atoms with Gasteiger partial charge in [-0.15, -0.1) is 11.3 Å². The molecule has 1 N–H and O–H groups in total. The number of rotatable bonds is 10. The number of Topliss-reactive ketones (excluding diaryl/α,β-unsaturated/α-hetero) is 1. The lowest BCUT2D eigenvalue weighted by Crippen LogP contribution is -2.38. The van der Waals surface area contributed by atoms with Crippen LogP contribution in [0.5, 0.6) is 0 Å². The second-order valence-electron chi connectivity index (χ2n) is 6.73. The number of aryl methyl sites for hydroxylation is 1. The summed E-state index contributed by atoms with van der Waals surface area (Å²) in [6.07, 6.45) is 0.0523. The van der Waals surface area contributed by atoms with E-state index in [0.717, 1.165) is 16.9 Å². The van der Waals surface area contributed by atoms with Crippen LogP contribution in [-0.2, 0) is 14.3 Å². The second-order valence-corrected chi connectivity index (χ2v) is 8.01. The normalized spacial score (nSPS) is 12.8. The van der Waals surface area contributed by atoms with Crippen LogP contribution in [0.1, 0.15) is 59.1 Å². The van der Waals surface area contributed by atoms with Crippen LogP contribution in [0.15, 0.2) is 42.5 Å². The van der Waals surface area contributed by atoms with E-state index in [1.165, 1.54) is 11.3 Å². The lowest BCUT2D eigenvalue weighted by molar-refractivity contribution is -0.154. The predicted molar refractivity (Wildman–Crippen MR) is 111 cm³/mol. The van der Waals surface area contributed by atoms with Gasteiger partial charge < -0.3 is 10.1 Å². The van der Waals surface area contributed by atoms with Crippen molar-refractivity contribution < 1.29 is 19.1 Å². The molecule has 150 valence electrons. The number of carbonyl (C=O) groups excluding carboxylic acids is 3. The number of esters is 1. The van der Waals surface area contributed by atoms with E-state index in [9.17, 15) is 14.4 Å². The van der Waals surface area contributed by atoms with Gasteiger partial charge in [-0.3, -0.25) is 14.4 Å². The number of hydrogen-bond acceptors (Lipinski definition) is 5. The van der Waals surface area contributed by atoms with Gasteiger partial charge in [-0.05, 0) is 38.0 Å². The van der Waals surface area contributed by atoms with Gasteiger partial charge in [0.1, 0.15) is 0 Å². The molecule has 0 radical (unpaired) electrons. The van der Waals surface area contributed by atoms with Crippen molar-refractivity contribution in [2.24, 2.45) is 0 Å². The van der Waals surface area contributed by atoms with E-state index >= 15 is 0 Å². The molecule has 0 spiro atoms. The highest BCUT2D eigenvalue weighted by atomic mass is 32.1. The summed E-state index contributed by atoms with van der Waals surface area (Å²) in [5.41, 5.74) is 1.16. The second kappa shape index (κ2) is 10.8. The molecule has 1 heterocycles. The standard InChI is InChI=1S/C22H27NO4S/c1-4-17(18-8-6-5-7-9-18)14-23-22(26)16(3)27-21(25)13-11-19(24)20-12-10-15(2)28-20/h5-10,12,16-17H,4,11,13-14H2,1-3H3,(H,23,26)/t16-,17+/m1/s1. The molecule has 1 aromatic carbocycles. The maximum Gasteiger partial charge on any atom is 0.307 e. The zero-order valence-electron chi connectivity index (χ0n) is 16.6. The number of hydrogen-bond donors (Lipinski definition) is 1. The fourth-order valence-corrected chi connectivity index (χ4v) is 3.66. The molecule has 5 nitrogen and oxygen atoms in total. The van der Waals surface area contributed by atoms with E-state index in [1.807, 2.05) is 43.3 Å². The van der Waals surface area contributed by atoms with Crippen LogP contribution in [0.25, 0.3) is 0 Å². The molecule has 28 heavy (non-hydrogen) atoms. The molecule has 6 heteroatoms. The molecule has 2 rings (SSSR count). The molecule has 1 aromatic heterocycles. The third-order valence-corrected chi connectivity index (χ3v) is 5.58. The summed E-state index contributed by atoms with van der Waals surface area (Å²) in [4.78, 5) is 37.9. The quantitative estimate of drug-likeness (QED) is 0.477. The predicted octanol–water partition coefficient (Wildman–Crippen LogP) is 4.26. The van der Waals surface area contributed by atoms with Gasteiger partial charge in [0.2, 0.25) is 0 Å². The Balaban J connectivity index is 1.75. The summed E-state index contributed by atoms with van der Waals surface area (Å²) in [5.74, 6) is -0.747. The van der Waals surface area contributed by atoms with Crippen LogP contribution in [0, 0.1) is 6.92 Å². The van der Waals surface area contributed by atoms with Gasteiger partial charge in [-0.25, -0.2) is 0 Å². The fraction of sp³-hybridized carbons (Fsp3) is 0.409. The van der Waals surface area contributed by atoms with Crippen molar-refractivity contribution in [1.29, 1.82) is 0 Å². The fourth-order valence-electron chi connectivity index (χ4n) is 2.82. The first-order valence-corrected chi connectivity index (χ1v) is 10.3. The molecule has 0 fully saturated rings. The van der Waals surface area contributed by atoms with Crippen molar-refractivity contribution in [2.45, 2.75) is 52.1 Å². The first-order valence-electron chi connectivity index (χ1n) is 9.52. The van der Waals surface area contributed by atoms with E-state index in [0.29, 0.717) is 11.4 Å². The zero-order valence-corrected chi connectivity index (χ0v) is 17.4. The number of benzene rings is 1. The Bertz CT molecular complexity index is 800. The summed E-state index contributed by atoms with van der Waals surface area (Å²) in [7, 11) is 0. The molecule has 1 amide bonds. The summed E-state index contributed by atoms with van der Waals surface area (Å²) in [5, 5.41) is 2.85. The van der Waals surface area contributed by atoms with Crippen LogP contribution in [0.3, 0.4) is 0 Å². The highest BCUT2D eigenvalue weighted by molar-refractivity contribution is 7.14. The Hall–Kier alpha value is -2.47. The minimum atomic E-state index is -0.889. The van der Waals surface area contributed by atoms with Crippen molar-refractivity contribution >= 4 is 29.0 Å². The molecular weight excluding hydrogens is 374 g/mol. The third-order valence-electron chi connectivity index (χ3n) is 4.54. The van der Waals surface area contributed by atoms with Gasteiger partial charge in [-0.2, -0.15) is 0 Å². The zero-order chi connectivity index (χ0) is 20.5. The molecule has 0 saturated carbocycles. The largest absolute Gasteiger partial charge is 0.453 e. The Kier molecular flexibility index (Phi) is 8.39. The van der Waals surface area contributed by atoms with Gasteiger partial charge >= 0.3 is 5.97 Å². The molecule has 0 unspecified atom stereocenters. The number of ether oxygens (including phenoxy) is 1. The summed E-state index contributed by atoms with van der Waals surface area (Å²) in [6.45, 7) is 6.02.